The zero-order chi connectivity index (χ0) is 9.84. The standard InChI is InChI=1S/C11H23N2/c1-10(2)13(4)11-8-6-5-7-9-12(11)3/h10H,5-9H2,1-4H3/q+1. The maximum Gasteiger partial charge on any atom is 0.246 e. The second kappa shape index (κ2) is 4.64. The molecule has 2 heteroatoms. The highest BCUT2D eigenvalue weighted by Gasteiger charge is 2.21. The summed E-state index contributed by atoms with van der Waals surface area (Å²) in [6.07, 6.45) is 5.35. The second-order valence-corrected chi connectivity index (χ2v) is 4.35. The van der Waals surface area contributed by atoms with Gasteiger partial charge >= 0.3 is 0 Å². The predicted octanol–water partition coefficient (Wildman–Crippen LogP) is 1.94. The fraction of sp³-hybridized carbons (Fsp3) is 0.909. The summed E-state index contributed by atoms with van der Waals surface area (Å²) in [5.41, 5.74) is 0. The van der Waals surface area contributed by atoms with Gasteiger partial charge in [0.05, 0.1) is 26.7 Å². The molecule has 0 spiro atoms. The SMILES string of the molecule is CC(C)N(C)C1=[N+](C)CCCCC1. The van der Waals surface area contributed by atoms with E-state index in [1.807, 2.05) is 0 Å². The fourth-order valence-corrected chi connectivity index (χ4v) is 1.87. The lowest BCUT2D eigenvalue weighted by Crippen LogP contribution is -2.38. The van der Waals surface area contributed by atoms with E-state index in [0.29, 0.717) is 6.04 Å². The van der Waals surface area contributed by atoms with Crippen molar-refractivity contribution in [3.63, 3.8) is 0 Å². The van der Waals surface area contributed by atoms with E-state index in [0.717, 1.165) is 0 Å². The lowest BCUT2D eigenvalue weighted by Gasteiger charge is -2.19. The molecule has 0 unspecified atom stereocenters. The van der Waals surface area contributed by atoms with Crippen LogP contribution in [0.15, 0.2) is 0 Å². The third kappa shape index (κ3) is 2.71. The van der Waals surface area contributed by atoms with Crippen LogP contribution in [0.5, 0.6) is 0 Å². The van der Waals surface area contributed by atoms with E-state index < -0.39 is 0 Å². The maximum absolute atomic E-state index is 2.42. The van der Waals surface area contributed by atoms with Gasteiger partial charge in [0, 0.05) is 6.42 Å². The van der Waals surface area contributed by atoms with Crippen molar-refractivity contribution in [3.05, 3.63) is 0 Å². The van der Waals surface area contributed by atoms with Crippen molar-refractivity contribution >= 4 is 5.84 Å². The maximum atomic E-state index is 2.42. The first kappa shape index (κ1) is 10.6. The lowest BCUT2D eigenvalue weighted by molar-refractivity contribution is -0.503. The van der Waals surface area contributed by atoms with Crippen molar-refractivity contribution < 1.29 is 4.58 Å². The first-order chi connectivity index (χ1) is 6.13. The monoisotopic (exact) mass is 183 g/mol. The van der Waals surface area contributed by atoms with Crippen LogP contribution in [0.4, 0.5) is 0 Å². The summed E-state index contributed by atoms with van der Waals surface area (Å²) in [7, 11) is 4.43. The van der Waals surface area contributed by atoms with Crippen LogP contribution in [0, 0.1) is 0 Å². The first-order valence-electron chi connectivity index (χ1n) is 5.42. The number of amidine groups is 1. The number of hydrogen-bond acceptors (Lipinski definition) is 1. The summed E-state index contributed by atoms with van der Waals surface area (Å²) in [5.74, 6) is 1.52. The normalized spacial score (nSPS) is 19.2. The Morgan fingerprint density at radius 3 is 2.54 bits per heavy atom. The average Bonchev–Trinajstić information content (AvgIpc) is 2.28. The Bertz CT molecular complexity index is 194. The molecule has 0 aromatic rings. The third-order valence-corrected chi connectivity index (χ3v) is 3.02. The molecule has 1 rings (SSSR count). The Hall–Kier alpha value is -0.530. The van der Waals surface area contributed by atoms with Crippen LogP contribution in [0.25, 0.3) is 0 Å². The number of rotatable bonds is 1. The van der Waals surface area contributed by atoms with Gasteiger partial charge in [-0.1, -0.05) is 0 Å². The molecule has 76 valence electrons. The average molecular weight is 183 g/mol. The van der Waals surface area contributed by atoms with Crippen molar-refractivity contribution in [3.8, 4) is 0 Å². The molecule has 0 radical (unpaired) electrons. The molecule has 0 aromatic heterocycles. The highest BCUT2D eigenvalue weighted by Crippen LogP contribution is 2.10. The Morgan fingerprint density at radius 1 is 1.23 bits per heavy atom. The van der Waals surface area contributed by atoms with E-state index in [1.165, 1.54) is 38.1 Å². The molecule has 0 atom stereocenters. The summed E-state index contributed by atoms with van der Waals surface area (Å²) in [6.45, 7) is 5.74. The molecular formula is C11H23N2+. The van der Waals surface area contributed by atoms with Crippen molar-refractivity contribution in [2.75, 3.05) is 20.6 Å². The summed E-state index contributed by atoms with van der Waals surface area (Å²) >= 11 is 0. The molecular weight excluding hydrogens is 160 g/mol. The van der Waals surface area contributed by atoms with Gasteiger partial charge in [-0.05, 0) is 33.1 Å². The molecule has 1 heterocycles. The van der Waals surface area contributed by atoms with Gasteiger partial charge in [-0.3, -0.25) is 9.48 Å². The summed E-state index contributed by atoms with van der Waals surface area (Å²) in [5, 5.41) is 0. The van der Waals surface area contributed by atoms with Crippen LogP contribution in [-0.4, -0.2) is 42.0 Å². The minimum absolute atomic E-state index is 0.621. The van der Waals surface area contributed by atoms with Gasteiger partial charge < -0.3 is 0 Å². The van der Waals surface area contributed by atoms with Gasteiger partial charge in [-0.25, -0.2) is 0 Å². The Kier molecular flexibility index (Phi) is 3.76. The van der Waals surface area contributed by atoms with Gasteiger partial charge in [0.2, 0.25) is 5.84 Å². The molecule has 0 bridgehead atoms. The van der Waals surface area contributed by atoms with Crippen LogP contribution >= 0.6 is 0 Å². The Labute approximate surface area is 82.2 Å². The van der Waals surface area contributed by atoms with Gasteiger partial charge in [0.25, 0.3) is 0 Å². The zero-order valence-electron chi connectivity index (χ0n) is 9.51. The summed E-state index contributed by atoms with van der Waals surface area (Å²) in [6, 6.07) is 0.621. The van der Waals surface area contributed by atoms with Crippen molar-refractivity contribution in [2.24, 2.45) is 0 Å². The minimum Gasteiger partial charge on any atom is -0.268 e. The molecule has 13 heavy (non-hydrogen) atoms. The molecule has 0 amide bonds. The van der Waals surface area contributed by atoms with Gasteiger partial charge in [0.1, 0.15) is 0 Å². The number of hydrogen-bond donors (Lipinski definition) is 0. The Balaban J connectivity index is 2.72. The lowest BCUT2D eigenvalue weighted by atomic mass is 10.2. The highest BCUT2D eigenvalue weighted by atomic mass is 15.2. The van der Waals surface area contributed by atoms with E-state index >= 15 is 0 Å². The van der Waals surface area contributed by atoms with Crippen molar-refractivity contribution in [1.82, 2.24) is 4.90 Å². The molecule has 0 saturated carbocycles. The highest BCUT2D eigenvalue weighted by molar-refractivity contribution is 5.77. The molecule has 2 nitrogen and oxygen atoms in total. The van der Waals surface area contributed by atoms with Gasteiger partial charge in [0.15, 0.2) is 0 Å². The quantitative estimate of drug-likeness (QED) is 0.563. The molecule has 1 aliphatic heterocycles. The van der Waals surface area contributed by atoms with Crippen LogP contribution in [-0.2, 0) is 0 Å². The smallest absolute Gasteiger partial charge is 0.246 e. The molecule has 1 aliphatic rings. The molecule has 0 N–H and O–H groups in total. The summed E-state index contributed by atoms with van der Waals surface area (Å²) in [4.78, 5) is 2.41. The van der Waals surface area contributed by atoms with Crippen LogP contribution in [0.3, 0.4) is 0 Å². The number of nitrogens with zero attached hydrogens (tertiary/aromatic N) is 2. The zero-order valence-corrected chi connectivity index (χ0v) is 9.51. The molecule has 0 fully saturated rings. The van der Waals surface area contributed by atoms with E-state index in [-0.39, 0.29) is 0 Å². The fourth-order valence-electron chi connectivity index (χ4n) is 1.87. The molecule has 0 aliphatic carbocycles. The van der Waals surface area contributed by atoms with Crippen molar-refractivity contribution in [2.45, 2.75) is 45.6 Å². The van der Waals surface area contributed by atoms with E-state index in [2.05, 4.69) is 37.4 Å². The topological polar surface area (TPSA) is 6.25 Å². The first-order valence-corrected chi connectivity index (χ1v) is 5.42. The summed E-state index contributed by atoms with van der Waals surface area (Å²) < 4.78 is 2.42. The molecule has 0 saturated heterocycles. The van der Waals surface area contributed by atoms with E-state index in [9.17, 15) is 0 Å². The van der Waals surface area contributed by atoms with Crippen LogP contribution in [0.1, 0.15) is 39.5 Å². The van der Waals surface area contributed by atoms with Crippen molar-refractivity contribution in [1.29, 1.82) is 0 Å². The Morgan fingerprint density at radius 2 is 1.92 bits per heavy atom. The van der Waals surface area contributed by atoms with Gasteiger partial charge in [-0.2, -0.15) is 0 Å². The van der Waals surface area contributed by atoms with Crippen LogP contribution in [0.2, 0.25) is 0 Å². The molecule has 0 aromatic carbocycles. The predicted molar refractivity (Wildman–Crippen MR) is 57.4 cm³/mol. The van der Waals surface area contributed by atoms with Gasteiger partial charge in [-0.15, -0.1) is 0 Å². The largest absolute Gasteiger partial charge is 0.268 e. The third-order valence-electron chi connectivity index (χ3n) is 3.02. The van der Waals surface area contributed by atoms with Crippen LogP contribution < -0.4 is 0 Å². The van der Waals surface area contributed by atoms with E-state index in [4.69, 9.17) is 0 Å². The minimum atomic E-state index is 0.621. The van der Waals surface area contributed by atoms with E-state index in [1.54, 1.807) is 0 Å². The second-order valence-electron chi connectivity index (χ2n) is 4.35.